The predicted octanol–water partition coefficient (Wildman–Crippen LogP) is 5.69. The van der Waals surface area contributed by atoms with E-state index < -0.39 is 0 Å². The topological polar surface area (TPSA) is 47.6 Å². The summed E-state index contributed by atoms with van der Waals surface area (Å²) in [6, 6.07) is 24.7. The van der Waals surface area contributed by atoms with Gasteiger partial charge < -0.3 is 14.8 Å². The molecule has 0 bridgehead atoms. The molecular formula is C25H27NO3. The molecular weight excluding hydrogens is 362 g/mol. The average molecular weight is 389 g/mol. The Morgan fingerprint density at radius 1 is 0.793 bits per heavy atom. The van der Waals surface area contributed by atoms with Crippen molar-refractivity contribution < 1.29 is 14.3 Å². The van der Waals surface area contributed by atoms with E-state index in [1.54, 1.807) is 0 Å². The molecule has 0 saturated carbocycles. The first-order chi connectivity index (χ1) is 13.9. The molecule has 4 nitrogen and oxygen atoms in total. The first-order valence-electron chi connectivity index (χ1n) is 9.75. The third-order valence-corrected chi connectivity index (χ3v) is 4.50. The average Bonchev–Trinajstić information content (AvgIpc) is 2.72. The van der Waals surface area contributed by atoms with Gasteiger partial charge in [-0.15, -0.1) is 0 Å². The van der Waals surface area contributed by atoms with E-state index in [2.05, 4.69) is 26.1 Å². The van der Waals surface area contributed by atoms with Crippen molar-refractivity contribution in [1.29, 1.82) is 0 Å². The Morgan fingerprint density at radius 2 is 1.41 bits per heavy atom. The molecule has 0 heterocycles. The highest BCUT2D eigenvalue weighted by molar-refractivity contribution is 6.05. The highest BCUT2D eigenvalue weighted by Gasteiger charge is 2.15. The normalized spacial score (nSPS) is 11.0. The number of ether oxygens (including phenoxy) is 2. The summed E-state index contributed by atoms with van der Waals surface area (Å²) in [4.78, 5) is 12.7. The first-order valence-corrected chi connectivity index (χ1v) is 9.75. The van der Waals surface area contributed by atoms with Crippen LogP contribution < -0.4 is 14.8 Å². The fourth-order valence-corrected chi connectivity index (χ4v) is 2.84. The number of carbonyl (C=O) groups is 1. The van der Waals surface area contributed by atoms with Crippen molar-refractivity contribution in [2.24, 2.45) is 0 Å². The Morgan fingerprint density at radius 3 is 2.10 bits per heavy atom. The molecule has 0 unspecified atom stereocenters. The van der Waals surface area contributed by atoms with Crippen molar-refractivity contribution in [3.8, 4) is 11.5 Å². The molecule has 3 aromatic carbocycles. The summed E-state index contributed by atoms with van der Waals surface area (Å²) in [5, 5.41) is 2.94. The molecule has 0 fully saturated rings. The van der Waals surface area contributed by atoms with Crippen LogP contribution in [0.5, 0.6) is 11.5 Å². The van der Waals surface area contributed by atoms with E-state index in [1.807, 2.05) is 78.9 Å². The Bertz CT molecular complexity index is 928. The minimum Gasteiger partial charge on any atom is -0.490 e. The zero-order valence-electron chi connectivity index (χ0n) is 17.1. The summed E-state index contributed by atoms with van der Waals surface area (Å²) >= 11 is 0. The van der Waals surface area contributed by atoms with Crippen molar-refractivity contribution in [2.45, 2.75) is 26.2 Å². The van der Waals surface area contributed by atoms with E-state index in [0.29, 0.717) is 30.2 Å². The summed E-state index contributed by atoms with van der Waals surface area (Å²) in [6.07, 6.45) is 0. The number of hydrogen-bond acceptors (Lipinski definition) is 3. The molecule has 0 atom stereocenters. The summed E-state index contributed by atoms with van der Waals surface area (Å²) in [5.41, 5.74) is 2.49. The molecule has 1 N–H and O–H groups in total. The predicted molar refractivity (Wildman–Crippen MR) is 117 cm³/mol. The van der Waals surface area contributed by atoms with Crippen LogP contribution in [0.15, 0.2) is 78.9 Å². The smallest absolute Gasteiger partial charge is 0.255 e. The summed E-state index contributed by atoms with van der Waals surface area (Å²) < 4.78 is 11.5. The van der Waals surface area contributed by atoms with Crippen molar-refractivity contribution >= 4 is 11.6 Å². The largest absolute Gasteiger partial charge is 0.490 e. The van der Waals surface area contributed by atoms with Gasteiger partial charge in [0.1, 0.15) is 24.7 Å². The molecule has 4 heteroatoms. The molecule has 0 aromatic heterocycles. The SMILES string of the molecule is CC(C)(C)c1ccc(C(=O)Nc2ccccc2OCCOc2ccccc2)cc1. The van der Waals surface area contributed by atoms with E-state index in [0.717, 1.165) is 5.75 Å². The number of anilines is 1. The highest BCUT2D eigenvalue weighted by atomic mass is 16.5. The van der Waals surface area contributed by atoms with E-state index in [1.165, 1.54) is 5.56 Å². The molecule has 0 aliphatic rings. The molecule has 3 aromatic rings. The van der Waals surface area contributed by atoms with Crippen LogP contribution in [-0.4, -0.2) is 19.1 Å². The Labute approximate surface area is 172 Å². The van der Waals surface area contributed by atoms with Crippen LogP contribution in [0.25, 0.3) is 0 Å². The van der Waals surface area contributed by atoms with Gasteiger partial charge in [0.05, 0.1) is 5.69 Å². The lowest BCUT2D eigenvalue weighted by Gasteiger charge is -2.19. The number of nitrogens with one attached hydrogen (secondary N) is 1. The van der Waals surface area contributed by atoms with Crippen molar-refractivity contribution in [3.05, 3.63) is 90.0 Å². The summed E-state index contributed by atoms with van der Waals surface area (Å²) in [6.45, 7) is 7.24. The molecule has 0 aliphatic carbocycles. The maximum Gasteiger partial charge on any atom is 0.255 e. The lowest BCUT2D eigenvalue weighted by atomic mass is 9.87. The molecule has 3 rings (SSSR count). The van der Waals surface area contributed by atoms with Gasteiger partial charge in [-0.25, -0.2) is 0 Å². The summed E-state index contributed by atoms with van der Waals surface area (Å²) in [5.74, 6) is 1.25. The highest BCUT2D eigenvalue weighted by Crippen LogP contribution is 2.25. The van der Waals surface area contributed by atoms with E-state index in [-0.39, 0.29) is 11.3 Å². The van der Waals surface area contributed by atoms with Crippen LogP contribution in [0.4, 0.5) is 5.69 Å². The molecule has 0 spiro atoms. The molecule has 150 valence electrons. The van der Waals surface area contributed by atoms with Gasteiger partial charge in [-0.2, -0.15) is 0 Å². The number of carbonyl (C=O) groups excluding carboxylic acids is 1. The molecule has 0 saturated heterocycles. The van der Waals surface area contributed by atoms with Crippen molar-refractivity contribution in [2.75, 3.05) is 18.5 Å². The van der Waals surface area contributed by atoms with Crippen molar-refractivity contribution in [1.82, 2.24) is 0 Å². The zero-order chi connectivity index (χ0) is 20.7. The van der Waals surface area contributed by atoms with Crippen LogP contribution in [0.3, 0.4) is 0 Å². The van der Waals surface area contributed by atoms with Gasteiger partial charge in [0.2, 0.25) is 0 Å². The minimum absolute atomic E-state index is 0.0528. The second-order valence-electron chi connectivity index (χ2n) is 7.79. The Balaban J connectivity index is 1.59. The fourth-order valence-electron chi connectivity index (χ4n) is 2.84. The third-order valence-electron chi connectivity index (χ3n) is 4.50. The standard InChI is InChI=1S/C25H27NO3/c1-25(2,3)20-15-13-19(14-16-20)24(27)26-22-11-7-8-12-23(22)29-18-17-28-21-9-5-4-6-10-21/h4-16H,17-18H2,1-3H3,(H,26,27). The maximum atomic E-state index is 12.7. The fraction of sp³-hybridized carbons (Fsp3) is 0.240. The quantitative estimate of drug-likeness (QED) is 0.528. The molecule has 0 radical (unpaired) electrons. The van der Waals surface area contributed by atoms with E-state index >= 15 is 0 Å². The summed E-state index contributed by atoms with van der Waals surface area (Å²) in [7, 11) is 0. The van der Waals surface area contributed by atoms with Crippen molar-refractivity contribution in [3.63, 3.8) is 0 Å². The number of rotatable bonds is 7. The molecule has 29 heavy (non-hydrogen) atoms. The third kappa shape index (κ3) is 5.85. The second-order valence-corrected chi connectivity index (χ2v) is 7.79. The maximum absolute atomic E-state index is 12.7. The minimum atomic E-state index is -0.165. The number of hydrogen-bond donors (Lipinski definition) is 1. The van der Waals surface area contributed by atoms with Gasteiger partial charge in [-0.05, 0) is 47.4 Å². The van der Waals surface area contributed by atoms with E-state index in [9.17, 15) is 4.79 Å². The van der Waals surface area contributed by atoms with Gasteiger partial charge in [0.25, 0.3) is 5.91 Å². The zero-order valence-corrected chi connectivity index (χ0v) is 17.1. The number of benzene rings is 3. The lowest BCUT2D eigenvalue weighted by Crippen LogP contribution is -2.15. The van der Waals surface area contributed by atoms with Crippen LogP contribution in [0.1, 0.15) is 36.7 Å². The lowest BCUT2D eigenvalue weighted by molar-refractivity contribution is 0.102. The van der Waals surface area contributed by atoms with E-state index in [4.69, 9.17) is 9.47 Å². The van der Waals surface area contributed by atoms with Gasteiger partial charge in [0.15, 0.2) is 0 Å². The van der Waals surface area contributed by atoms with Crippen LogP contribution in [0.2, 0.25) is 0 Å². The van der Waals surface area contributed by atoms with Gasteiger partial charge >= 0.3 is 0 Å². The van der Waals surface area contributed by atoms with Gasteiger partial charge in [0, 0.05) is 5.56 Å². The molecule has 0 aliphatic heterocycles. The van der Waals surface area contributed by atoms with Crippen LogP contribution >= 0.6 is 0 Å². The second kappa shape index (κ2) is 9.28. The van der Waals surface area contributed by atoms with Crippen LogP contribution in [0, 0.1) is 0 Å². The monoisotopic (exact) mass is 389 g/mol. The Hall–Kier alpha value is -3.27. The van der Waals surface area contributed by atoms with Gasteiger partial charge in [-0.1, -0.05) is 63.2 Å². The number of amides is 1. The number of para-hydroxylation sites is 3. The van der Waals surface area contributed by atoms with Gasteiger partial charge in [-0.3, -0.25) is 4.79 Å². The van der Waals surface area contributed by atoms with Crippen LogP contribution in [-0.2, 0) is 5.41 Å². The molecule has 1 amide bonds. The Kier molecular flexibility index (Phi) is 6.55. The first kappa shape index (κ1) is 20.5.